The van der Waals surface area contributed by atoms with E-state index >= 15 is 0 Å². The van der Waals surface area contributed by atoms with Gasteiger partial charge in [-0.15, -0.1) is 0 Å². The molecular formula is C24H30ClN5O2. The van der Waals surface area contributed by atoms with Crippen LogP contribution in [-0.4, -0.2) is 60.0 Å². The number of nitrogens with zero attached hydrogens (tertiary/aromatic N) is 1. The van der Waals surface area contributed by atoms with Crippen LogP contribution in [0.5, 0.6) is 0 Å². The van der Waals surface area contributed by atoms with Crippen LogP contribution in [-0.2, 0) is 4.79 Å². The van der Waals surface area contributed by atoms with Crippen molar-refractivity contribution >= 4 is 40.8 Å². The third-order valence-corrected chi connectivity index (χ3v) is 6.34. The Bertz CT molecular complexity index is 1080. The third kappa shape index (κ3) is 4.60. The lowest BCUT2D eigenvalue weighted by atomic mass is 10.0. The molecule has 1 saturated heterocycles. The molecule has 1 aromatic heterocycles. The molecular weight excluding hydrogens is 426 g/mol. The number of hydrogen-bond acceptors (Lipinski definition) is 4. The molecule has 1 fully saturated rings. The van der Waals surface area contributed by atoms with E-state index in [-0.39, 0.29) is 11.8 Å². The Morgan fingerprint density at radius 3 is 2.69 bits per heavy atom. The minimum Gasteiger partial charge on any atom is -0.358 e. The number of carbonyl (C=O) groups is 2. The van der Waals surface area contributed by atoms with Gasteiger partial charge in [0.15, 0.2) is 0 Å². The highest BCUT2D eigenvalue weighted by atomic mass is 35.5. The van der Waals surface area contributed by atoms with Crippen LogP contribution in [0.25, 0.3) is 11.6 Å². The lowest BCUT2D eigenvalue weighted by Crippen LogP contribution is -2.55. The fraction of sp³-hybridized carbons (Fsp3) is 0.417. The lowest BCUT2D eigenvalue weighted by Gasteiger charge is -2.36. The molecule has 8 heteroatoms. The quantitative estimate of drug-likeness (QED) is 0.521. The Kier molecular flexibility index (Phi) is 6.42. The molecule has 32 heavy (non-hydrogen) atoms. The SMILES string of the molecule is Cc1[nH]c(C=C2C(=O)Nc3ccc(Cl)cc32)c(C)c1C(=O)NCCN1CC(C)NC(C)C1. The van der Waals surface area contributed by atoms with Gasteiger partial charge in [-0.05, 0) is 57.5 Å². The zero-order chi connectivity index (χ0) is 23.0. The highest BCUT2D eigenvalue weighted by Crippen LogP contribution is 2.35. The Morgan fingerprint density at radius 1 is 1.25 bits per heavy atom. The largest absolute Gasteiger partial charge is 0.358 e. The summed E-state index contributed by atoms with van der Waals surface area (Å²) in [7, 11) is 0. The molecule has 0 spiro atoms. The van der Waals surface area contributed by atoms with E-state index in [4.69, 9.17) is 11.6 Å². The molecule has 2 aliphatic heterocycles. The molecule has 170 valence electrons. The number of anilines is 1. The van der Waals surface area contributed by atoms with Crippen LogP contribution in [0.3, 0.4) is 0 Å². The number of aromatic amines is 1. The zero-order valence-corrected chi connectivity index (χ0v) is 19.7. The summed E-state index contributed by atoms with van der Waals surface area (Å²) in [4.78, 5) is 31.1. The first-order chi connectivity index (χ1) is 15.2. The van der Waals surface area contributed by atoms with E-state index in [1.54, 1.807) is 24.3 Å². The van der Waals surface area contributed by atoms with Crippen molar-refractivity contribution in [3.8, 4) is 0 Å². The smallest absolute Gasteiger partial charge is 0.256 e. The summed E-state index contributed by atoms with van der Waals surface area (Å²) in [5.41, 5.74) is 5.00. The molecule has 7 nitrogen and oxygen atoms in total. The molecule has 4 N–H and O–H groups in total. The van der Waals surface area contributed by atoms with Crippen molar-refractivity contribution in [3.63, 3.8) is 0 Å². The summed E-state index contributed by atoms with van der Waals surface area (Å²) in [6.07, 6.45) is 1.79. The molecule has 0 radical (unpaired) electrons. The zero-order valence-electron chi connectivity index (χ0n) is 18.9. The van der Waals surface area contributed by atoms with Gasteiger partial charge in [-0.25, -0.2) is 0 Å². The number of aromatic nitrogens is 1. The monoisotopic (exact) mass is 455 g/mol. The average molecular weight is 456 g/mol. The predicted octanol–water partition coefficient (Wildman–Crippen LogP) is 3.19. The molecule has 2 unspecified atom stereocenters. The van der Waals surface area contributed by atoms with Crippen LogP contribution in [0.15, 0.2) is 18.2 Å². The second-order valence-electron chi connectivity index (χ2n) is 8.85. The molecule has 4 rings (SSSR count). The number of nitrogens with one attached hydrogen (secondary N) is 4. The second kappa shape index (κ2) is 9.10. The van der Waals surface area contributed by atoms with Crippen LogP contribution in [0.2, 0.25) is 5.02 Å². The van der Waals surface area contributed by atoms with Crippen LogP contribution in [0.1, 0.15) is 46.7 Å². The number of fused-ring (bicyclic) bond motifs is 1. The van der Waals surface area contributed by atoms with Crippen molar-refractivity contribution in [2.45, 2.75) is 39.8 Å². The summed E-state index contributed by atoms with van der Waals surface area (Å²) >= 11 is 6.13. The lowest BCUT2D eigenvalue weighted by molar-refractivity contribution is -0.110. The van der Waals surface area contributed by atoms with Gasteiger partial charge < -0.3 is 20.9 Å². The van der Waals surface area contributed by atoms with E-state index in [0.717, 1.165) is 47.8 Å². The van der Waals surface area contributed by atoms with Crippen molar-refractivity contribution in [2.75, 3.05) is 31.5 Å². The number of piperazine rings is 1. The van der Waals surface area contributed by atoms with Gasteiger partial charge in [-0.1, -0.05) is 11.6 Å². The van der Waals surface area contributed by atoms with Gasteiger partial charge in [0.05, 0.1) is 11.1 Å². The van der Waals surface area contributed by atoms with E-state index < -0.39 is 0 Å². The number of H-pyrrole nitrogens is 1. The summed E-state index contributed by atoms with van der Waals surface area (Å²) in [5, 5.41) is 10.0. The van der Waals surface area contributed by atoms with Gasteiger partial charge >= 0.3 is 0 Å². The van der Waals surface area contributed by atoms with E-state index in [2.05, 4.69) is 39.7 Å². The van der Waals surface area contributed by atoms with Crippen molar-refractivity contribution in [1.29, 1.82) is 0 Å². The Labute approximate surface area is 193 Å². The Balaban J connectivity index is 1.48. The maximum atomic E-state index is 12.9. The van der Waals surface area contributed by atoms with Crippen LogP contribution in [0, 0.1) is 13.8 Å². The number of benzene rings is 1. The highest BCUT2D eigenvalue weighted by Gasteiger charge is 2.26. The van der Waals surface area contributed by atoms with Crippen LogP contribution < -0.4 is 16.0 Å². The normalized spacial score (nSPS) is 22.2. The molecule has 3 heterocycles. The van der Waals surface area contributed by atoms with Gasteiger partial charge in [-0.2, -0.15) is 0 Å². The molecule has 0 saturated carbocycles. The number of rotatable bonds is 5. The first-order valence-corrected chi connectivity index (χ1v) is 11.4. The van der Waals surface area contributed by atoms with Crippen molar-refractivity contribution < 1.29 is 9.59 Å². The number of hydrogen-bond donors (Lipinski definition) is 4. The van der Waals surface area contributed by atoms with Crippen molar-refractivity contribution in [2.24, 2.45) is 0 Å². The number of carbonyl (C=O) groups excluding carboxylic acids is 2. The fourth-order valence-electron chi connectivity index (χ4n) is 4.75. The molecule has 2 aromatic rings. The number of amides is 2. The van der Waals surface area contributed by atoms with E-state index in [1.807, 2.05) is 13.8 Å². The third-order valence-electron chi connectivity index (χ3n) is 6.10. The molecule has 1 aromatic carbocycles. The van der Waals surface area contributed by atoms with E-state index in [0.29, 0.717) is 34.8 Å². The van der Waals surface area contributed by atoms with Crippen LogP contribution in [0.4, 0.5) is 5.69 Å². The molecule has 0 aliphatic carbocycles. The van der Waals surface area contributed by atoms with Gasteiger partial charge in [0.2, 0.25) is 0 Å². The highest BCUT2D eigenvalue weighted by molar-refractivity contribution is 6.36. The summed E-state index contributed by atoms with van der Waals surface area (Å²) in [6.45, 7) is 11.5. The Morgan fingerprint density at radius 2 is 1.97 bits per heavy atom. The number of aryl methyl sites for hydroxylation is 1. The second-order valence-corrected chi connectivity index (χ2v) is 9.29. The topological polar surface area (TPSA) is 89.3 Å². The van der Waals surface area contributed by atoms with Gasteiger partial charge in [0, 0.05) is 65.9 Å². The minimum atomic E-state index is -0.181. The summed E-state index contributed by atoms with van der Waals surface area (Å²) in [6, 6.07) is 6.22. The van der Waals surface area contributed by atoms with E-state index in [9.17, 15) is 9.59 Å². The average Bonchev–Trinajstić information content (AvgIpc) is 3.16. The molecule has 2 aliphatic rings. The summed E-state index contributed by atoms with van der Waals surface area (Å²) < 4.78 is 0. The standard InChI is InChI=1S/C24H30ClN5O2/c1-13-11-30(12-14(2)27-13)8-7-26-24(32)22-15(3)21(28-16(22)4)10-19-18-9-17(25)5-6-20(18)29-23(19)31/h5-6,9-10,13-14,27-28H,7-8,11-12H2,1-4H3,(H,26,32)(H,29,31). The Hall–Kier alpha value is -2.61. The minimum absolute atomic E-state index is 0.101. The first kappa shape index (κ1) is 22.6. The van der Waals surface area contributed by atoms with Gasteiger partial charge in [-0.3, -0.25) is 14.5 Å². The van der Waals surface area contributed by atoms with Crippen LogP contribution >= 0.6 is 11.6 Å². The molecule has 2 atom stereocenters. The maximum absolute atomic E-state index is 12.9. The van der Waals surface area contributed by atoms with Gasteiger partial charge in [0.1, 0.15) is 0 Å². The fourth-order valence-corrected chi connectivity index (χ4v) is 4.92. The van der Waals surface area contributed by atoms with Gasteiger partial charge in [0.25, 0.3) is 11.8 Å². The predicted molar refractivity (Wildman–Crippen MR) is 129 cm³/mol. The number of halogens is 1. The molecule has 0 bridgehead atoms. The van der Waals surface area contributed by atoms with E-state index in [1.165, 1.54) is 0 Å². The molecule has 2 amide bonds. The first-order valence-electron chi connectivity index (χ1n) is 11.0. The summed E-state index contributed by atoms with van der Waals surface area (Å²) in [5.74, 6) is -0.282. The van der Waals surface area contributed by atoms with Crippen molar-refractivity contribution in [3.05, 3.63) is 51.3 Å². The van der Waals surface area contributed by atoms with Crippen molar-refractivity contribution in [1.82, 2.24) is 20.5 Å². The maximum Gasteiger partial charge on any atom is 0.256 e.